The van der Waals surface area contributed by atoms with Gasteiger partial charge >= 0.3 is 6.18 Å². The van der Waals surface area contributed by atoms with Crippen LogP contribution < -0.4 is 10.6 Å². The highest BCUT2D eigenvalue weighted by atomic mass is 35.5. The lowest BCUT2D eigenvalue weighted by Crippen LogP contribution is -2.37. The molecule has 0 aromatic heterocycles. The average Bonchev–Trinajstić information content (AvgIpc) is 2.70. The van der Waals surface area contributed by atoms with Gasteiger partial charge in [-0.1, -0.05) is 23.7 Å². The normalized spacial score (nSPS) is 20.5. The molecule has 3 N–H and O–H groups in total. The van der Waals surface area contributed by atoms with Crippen molar-refractivity contribution in [3.05, 3.63) is 59.2 Å². The van der Waals surface area contributed by atoms with Crippen LogP contribution in [0.4, 0.5) is 13.2 Å². The topological polar surface area (TPSA) is 66.4 Å². The lowest BCUT2D eigenvalue weighted by Gasteiger charge is -2.31. The average molecular weight is 432 g/mol. The molecular formula is C20H25ClF3N3O2. The summed E-state index contributed by atoms with van der Waals surface area (Å²) in [4.78, 5) is 0. The van der Waals surface area contributed by atoms with E-state index in [4.69, 9.17) is 26.5 Å². The first-order chi connectivity index (χ1) is 13.6. The van der Waals surface area contributed by atoms with Crippen molar-refractivity contribution in [2.75, 3.05) is 13.7 Å². The van der Waals surface area contributed by atoms with Crippen LogP contribution in [0.3, 0.4) is 0 Å². The maximum atomic E-state index is 12.7. The summed E-state index contributed by atoms with van der Waals surface area (Å²) in [6.07, 6.45) is -2.33. The first-order valence-corrected chi connectivity index (χ1v) is 9.51. The molecule has 160 valence electrons. The van der Waals surface area contributed by atoms with Crippen LogP contribution in [0.5, 0.6) is 0 Å². The van der Waals surface area contributed by atoms with E-state index in [-0.39, 0.29) is 23.3 Å². The second-order valence-electron chi connectivity index (χ2n) is 6.74. The Bertz CT molecular complexity index is 763. The second kappa shape index (κ2) is 10.0. The maximum absolute atomic E-state index is 12.7. The molecule has 1 heterocycles. The molecule has 1 aromatic rings. The lowest BCUT2D eigenvalue weighted by atomic mass is 9.97. The molecule has 1 aliphatic rings. The van der Waals surface area contributed by atoms with Gasteiger partial charge in [-0.3, -0.25) is 5.41 Å². The molecule has 29 heavy (non-hydrogen) atoms. The fourth-order valence-corrected chi connectivity index (χ4v) is 3.06. The molecule has 1 aromatic carbocycles. The third-order valence-corrected chi connectivity index (χ3v) is 4.96. The molecule has 0 radical (unpaired) electrons. The summed E-state index contributed by atoms with van der Waals surface area (Å²) in [5.74, 6) is 0.772. The number of benzene rings is 1. The zero-order chi connectivity index (χ0) is 21.6. The highest BCUT2D eigenvalue weighted by Crippen LogP contribution is 2.34. The van der Waals surface area contributed by atoms with Crippen LogP contribution >= 0.6 is 11.6 Å². The summed E-state index contributed by atoms with van der Waals surface area (Å²) >= 11 is 5.78. The maximum Gasteiger partial charge on any atom is 0.416 e. The first-order valence-electron chi connectivity index (χ1n) is 9.13. The number of hydrogen-bond donors (Lipinski definition) is 3. The molecule has 0 unspecified atom stereocenters. The minimum atomic E-state index is -4.35. The van der Waals surface area contributed by atoms with Crippen LogP contribution in [0.15, 0.2) is 48.1 Å². The summed E-state index contributed by atoms with van der Waals surface area (Å²) in [7, 11) is 1.47. The highest BCUT2D eigenvalue weighted by molar-refractivity contribution is 6.68. The third-order valence-electron chi connectivity index (χ3n) is 4.68. The Balaban J connectivity index is 2.02. The van der Waals surface area contributed by atoms with Crippen molar-refractivity contribution < 1.29 is 22.6 Å². The summed E-state index contributed by atoms with van der Waals surface area (Å²) in [5, 5.41) is 13.6. The van der Waals surface area contributed by atoms with Gasteiger partial charge < -0.3 is 20.1 Å². The largest absolute Gasteiger partial charge is 0.483 e. The molecule has 1 fully saturated rings. The van der Waals surface area contributed by atoms with Gasteiger partial charge in [-0.2, -0.15) is 13.2 Å². The van der Waals surface area contributed by atoms with Crippen molar-refractivity contribution in [1.29, 1.82) is 5.41 Å². The van der Waals surface area contributed by atoms with Gasteiger partial charge in [0.25, 0.3) is 0 Å². The Hall–Kier alpha value is -2.19. The van der Waals surface area contributed by atoms with Gasteiger partial charge in [0.05, 0.1) is 24.9 Å². The molecule has 9 heteroatoms. The van der Waals surface area contributed by atoms with E-state index in [0.717, 1.165) is 37.0 Å². The van der Waals surface area contributed by atoms with Crippen LogP contribution in [-0.4, -0.2) is 24.9 Å². The Morgan fingerprint density at radius 2 is 1.97 bits per heavy atom. The molecule has 2 atom stereocenters. The van der Waals surface area contributed by atoms with Crippen molar-refractivity contribution >= 4 is 16.8 Å². The summed E-state index contributed by atoms with van der Waals surface area (Å²) in [5.41, 5.74) is 0.538. The van der Waals surface area contributed by atoms with E-state index in [1.807, 2.05) is 0 Å². The fraction of sp³-hybridized carbons (Fsp3) is 0.450. The van der Waals surface area contributed by atoms with E-state index in [2.05, 4.69) is 17.2 Å². The van der Waals surface area contributed by atoms with E-state index in [1.165, 1.54) is 19.2 Å². The number of hydrogen-bond acceptors (Lipinski definition) is 5. The van der Waals surface area contributed by atoms with Crippen molar-refractivity contribution in [3.63, 3.8) is 0 Å². The zero-order valence-electron chi connectivity index (χ0n) is 16.3. The van der Waals surface area contributed by atoms with Gasteiger partial charge in [0.2, 0.25) is 0 Å². The van der Waals surface area contributed by atoms with E-state index in [9.17, 15) is 13.2 Å². The number of alkyl halides is 3. The Morgan fingerprint density at radius 3 is 2.52 bits per heavy atom. The Morgan fingerprint density at radius 1 is 1.31 bits per heavy atom. The summed E-state index contributed by atoms with van der Waals surface area (Å²) in [6.45, 7) is 5.80. The molecular weight excluding hydrogens is 407 g/mol. The van der Waals surface area contributed by atoms with Gasteiger partial charge in [0.1, 0.15) is 11.0 Å². The molecule has 2 rings (SSSR count). The van der Waals surface area contributed by atoms with E-state index in [1.54, 1.807) is 6.92 Å². The highest BCUT2D eigenvalue weighted by Gasteiger charge is 2.31. The van der Waals surface area contributed by atoms with Crippen LogP contribution in [0.1, 0.15) is 43.4 Å². The number of methoxy groups -OCH3 is 1. The predicted molar refractivity (Wildman–Crippen MR) is 106 cm³/mol. The number of nitrogens with one attached hydrogen (secondary N) is 3. The van der Waals surface area contributed by atoms with Gasteiger partial charge in [-0.25, -0.2) is 0 Å². The first kappa shape index (κ1) is 23.1. The van der Waals surface area contributed by atoms with Crippen molar-refractivity contribution in [1.82, 2.24) is 10.6 Å². The number of ether oxygens (including phenoxy) is 2. The lowest BCUT2D eigenvalue weighted by molar-refractivity contribution is -0.137. The SMILES string of the molecule is C=C(NC(NC[C@H]1CCC[C@@H](c2ccc(C(F)(F)F)cc2)O1)=C(C)C(=N)Cl)OC. The number of halogens is 4. The summed E-state index contributed by atoms with van der Waals surface area (Å²) in [6, 6.07) is 5.10. The molecule has 1 saturated heterocycles. The van der Waals surface area contributed by atoms with Gasteiger partial charge in [0.15, 0.2) is 5.88 Å². The van der Waals surface area contributed by atoms with Crippen LogP contribution in [0.25, 0.3) is 0 Å². The molecule has 0 spiro atoms. The number of rotatable bonds is 8. The number of allylic oxidation sites excluding steroid dienone is 1. The monoisotopic (exact) mass is 431 g/mol. The van der Waals surface area contributed by atoms with Crippen molar-refractivity contribution in [3.8, 4) is 0 Å². The molecule has 0 amide bonds. The van der Waals surface area contributed by atoms with E-state index >= 15 is 0 Å². The van der Waals surface area contributed by atoms with Gasteiger partial charge in [-0.15, -0.1) is 0 Å². The van der Waals surface area contributed by atoms with Crippen LogP contribution in [0.2, 0.25) is 0 Å². The molecule has 0 bridgehead atoms. The molecule has 5 nitrogen and oxygen atoms in total. The van der Waals surface area contributed by atoms with Gasteiger partial charge in [0, 0.05) is 12.1 Å². The zero-order valence-corrected chi connectivity index (χ0v) is 17.1. The molecule has 1 aliphatic heterocycles. The predicted octanol–water partition coefficient (Wildman–Crippen LogP) is 5.06. The standard InChI is InChI=1S/C20H25ClF3N3O2/c1-12(18(21)25)19(27-13(2)28-3)26-11-16-5-4-6-17(29-16)14-7-9-15(10-8-14)20(22,23)24/h7-10,16-17,25-27H,2,4-6,11H2,1,3H3/t16-,17+/m1/s1. The molecule has 0 saturated carbocycles. The third kappa shape index (κ3) is 6.68. The summed E-state index contributed by atoms with van der Waals surface area (Å²) < 4.78 is 49.3. The fourth-order valence-electron chi connectivity index (χ4n) is 2.97. The van der Waals surface area contributed by atoms with Crippen LogP contribution in [0, 0.1) is 5.41 Å². The van der Waals surface area contributed by atoms with Crippen molar-refractivity contribution in [2.45, 2.75) is 44.6 Å². The second-order valence-corrected chi connectivity index (χ2v) is 7.12. The molecule has 0 aliphatic carbocycles. The van der Waals surface area contributed by atoms with Crippen molar-refractivity contribution in [2.24, 2.45) is 0 Å². The van der Waals surface area contributed by atoms with E-state index < -0.39 is 11.7 Å². The smallest absolute Gasteiger partial charge is 0.416 e. The minimum Gasteiger partial charge on any atom is -0.483 e. The minimum absolute atomic E-state index is 0.129. The van der Waals surface area contributed by atoms with Gasteiger partial charge in [-0.05, 0) is 50.5 Å². The Labute approximate surface area is 173 Å². The van der Waals surface area contributed by atoms with E-state index in [0.29, 0.717) is 17.9 Å². The quantitative estimate of drug-likeness (QED) is 0.397. The van der Waals surface area contributed by atoms with Crippen LogP contribution in [-0.2, 0) is 15.7 Å². The Kier molecular flexibility index (Phi) is 7.98.